The van der Waals surface area contributed by atoms with Crippen molar-refractivity contribution in [3.8, 4) is 11.5 Å². The van der Waals surface area contributed by atoms with Gasteiger partial charge in [-0.3, -0.25) is 19.8 Å². The molecule has 0 atom stereocenters. The monoisotopic (exact) mass is 536 g/mol. The smallest absolute Gasteiger partial charge is 0.270 e. The number of halogens is 1. The Balaban J connectivity index is 2.05. The molecule has 0 spiro atoms. The molecular formula is C22H21IN2O4S. The normalized spacial score (nSPS) is 15.4. The van der Waals surface area contributed by atoms with Gasteiger partial charge in [0.1, 0.15) is 5.57 Å². The molecule has 2 aromatic carbocycles. The summed E-state index contributed by atoms with van der Waals surface area (Å²) in [6, 6.07) is 9.28. The van der Waals surface area contributed by atoms with Crippen LogP contribution in [0.2, 0.25) is 0 Å². The minimum atomic E-state index is -0.534. The Morgan fingerprint density at radius 3 is 2.40 bits per heavy atom. The number of methoxy groups -OCH3 is 1. The van der Waals surface area contributed by atoms with Crippen LogP contribution in [-0.2, 0) is 9.59 Å². The highest BCUT2D eigenvalue weighted by Crippen LogP contribution is 2.35. The summed E-state index contributed by atoms with van der Waals surface area (Å²) in [6.45, 7) is 6.27. The van der Waals surface area contributed by atoms with Gasteiger partial charge in [-0.25, -0.2) is 0 Å². The van der Waals surface area contributed by atoms with Crippen molar-refractivity contribution in [3.63, 3.8) is 0 Å². The molecule has 0 aromatic heterocycles. The molecule has 0 saturated carbocycles. The van der Waals surface area contributed by atoms with E-state index in [9.17, 15) is 9.59 Å². The van der Waals surface area contributed by atoms with E-state index >= 15 is 0 Å². The summed E-state index contributed by atoms with van der Waals surface area (Å²) >= 11 is 7.42. The maximum Gasteiger partial charge on any atom is 0.270 e. The molecule has 3 rings (SSSR count). The first-order chi connectivity index (χ1) is 14.2. The van der Waals surface area contributed by atoms with Crippen molar-refractivity contribution in [2.45, 2.75) is 20.8 Å². The van der Waals surface area contributed by atoms with Crippen LogP contribution in [0.15, 0.2) is 35.9 Å². The van der Waals surface area contributed by atoms with Crippen molar-refractivity contribution < 1.29 is 19.1 Å². The second-order valence-electron chi connectivity index (χ2n) is 6.77. The zero-order valence-corrected chi connectivity index (χ0v) is 20.0. The molecular weight excluding hydrogens is 515 g/mol. The van der Waals surface area contributed by atoms with Gasteiger partial charge >= 0.3 is 0 Å². The van der Waals surface area contributed by atoms with Crippen molar-refractivity contribution in [1.82, 2.24) is 5.32 Å². The number of nitrogens with one attached hydrogen (secondary N) is 1. The SMILES string of the molecule is CCOc1c(I)cc(/C=C2/C(=O)NC(=S)N(c3cc(C)cc(C)c3)C2=O)cc1OC. The van der Waals surface area contributed by atoms with E-state index in [1.807, 2.05) is 45.0 Å². The number of nitrogens with zero attached hydrogens (tertiary/aromatic N) is 1. The molecule has 0 aliphatic carbocycles. The van der Waals surface area contributed by atoms with Gasteiger partial charge in [-0.1, -0.05) is 6.07 Å². The van der Waals surface area contributed by atoms with E-state index in [0.717, 1.165) is 14.7 Å². The quantitative estimate of drug-likeness (QED) is 0.269. The van der Waals surface area contributed by atoms with Crippen LogP contribution in [0.25, 0.3) is 6.08 Å². The number of hydrogen-bond donors (Lipinski definition) is 1. The molecule has 6 nitrogen and oxygen atoms in total. The minimum absolute atomic E-state index is 0.00947. The molecule has 1 aliphatic heterocycles. The van der Waals surface area contributed by atoms with Crippen LogP contribution in [-0.4, -0.2) is 30.6 Å². The molecule has 8 heteroatoms. The fourth-order valence-corrected chi connectivity index (χ4v) is 4.31. The van der Waals surface area contributed by atoms with Crippen LogP contribution in [0, 0.1) is 17.4 Å². The van der Waals surface area contributed by atoms with Gasteiger partial charge in [-0.15, -0.1) is 0 Å². The predicted octanol–water partition coefficient (Wildman–Crippen LogP) is 4.15. The maximum absolute atomic E-state index is 13.2. The summed E-state index contributed by atoms with van der Waals surface area (Å²) in [6.07, 6.45) is 1.54. The van der Waals surface area contributed by atoms with E-state index in [0.29, 0.717) is 29.4 Å². The highest BCUT2D eigenvalue weighted by atomic mass is 127. The fraction of sp³-hybridized carbons (Fsp3) is 0.227. The third-order valence-electron chi connectivity index (χ3n) is 4.42. The summed E-state index contributed by atoms with van der Waals surface area (Å²) < 4.78 is 11.9. The number of thiocarbonyl (C=S) groups is 1. The molecule has 1 heterocycles. The topological polar surface area (TPSA) is 67.9 Å². The third kappa shape index (κ3) is 4.49. The summed E-state index contributed by atoms with van der Waals surface area (Å²) in [7, 11) is 1.55. The Labute approximate surface area is 194 Å². The van der Waals surface area contributed by atoms with E-state index < -0.39 is 11.8 Å². The van der Waals surface area contributed by atoms with Gasteiger partial charge in [-0.05, 0) is 103 Å². The molecule has 30 heavy (non-hydrogen) atoms. The molecule has 0 bridgehead atoms. The van der Waals surface area contributed by atoms with E-state index in [2.05, 4.69) is 27.9 Å². The van der Waals surface area contributed by atoms with Crippen molar-refractivity contribution in [1.29, 1.82) is 0 Å². The summed E-state index contributed by atoms with van der Waals surface area (Å²) in [5.41, 5.74) is 3.24. The van der Waals surface area contributed by atoms with Crippen LogP contribution in [0.1, 0.15) is 23.6 Å². The van der Waals surface area contributed by atoms with Gasteiger partial charge in [0.05, 0.1) is 23.0 Å². The first-order valence-corrected chi connectivity index (χ1v) is 10.7. The lowest BCUT2D eigenvalue weighted by Crippen LogP contribution is -2.54. The lowest BCUT2D eigenvalue weighted by Gasteiger charge is -2.29. The number of benzene rings is 2. The summed E-state index contributed by atoms with van der Waals surface area (Å²) in [5, 5.41) is 2.68. The lowest BCUT2D eigenvalue weighted by molar-refractivity contribution is -0.122. The number of carbonyl (C=O) groups excluding carboxylic acids is 2. The highest BCUT2D eigenvalue weighted by molar-refractivity contribution is 14.1. The molecule has 0 radical (unpaired) electrons. The number of carbonyl (C=O) groups is 2. The number of amides is 2. The van der Waals surface area contributed by atoms with Gasteiger partial charge in [0.15, 0.2) is 16.6 Å². The Hall–Kier alpha value is -2.46. The number of rotatable bonds is 5. The number of hydrogen-bond acceptors (Lipinski definition) is 5. The molecule has 2 aromatic rings. The molecule has 156 valence electrons. The van der Waals surface area contributed by atoms with Crippen LogP contribution < -0.4 is 19.7 Å². The Bertz CT molecular complexity index is 1060. The van der Waals surface area contributed by atoms with E-state index in [1.54, 1.807) is 13.2 Å². The standard InChI is InChI=1S/C22H21IN2O4S/c1-5-29-19-17(23)10-14(11-18(19)28-4)9-16-20(26)24-22(30)25(21(16)27)15-7-12(2)6-13(3)8-15/h6-11H,5H2,1-4H3,(H,24,26,30)/b16-9-. The largest absolute Gasteiger partial charge is 0.493 e. The van der Waals surface area contributed by atoms with E-state index in [-0.39, 0.29) is 10.7 Å². The van der Waals surface area contributed by atoms with Gasteiger partial charge in [0.2, 0.25) is 0 Å². The Morgan fingerprint density at radius 1 is 1.13 bits per heavy atom. The van der Waals surface area contributed by atoms with Crippen LogP contribution in [0.4, 0.5) is 5.69 Å². The molecule has 1 saturated heterocycles. The molecule has 1 fully saturated rings. The molecule has 2 amide bonds. The summed E-state index contributed by atoms with van der Waals surface area (Å²) in [4.78, 5) is 27.1. The average molecular weight is 536 g/mol. The Kier molecular flexibility index (Phi) is 6.77. The molecule has 1 aliphatic rings. The number of aryl methyl sites for hydroxylation is 2. The van der Waals surface area contributed by atoms with Crippen molar-refractivity contribution >= 4 is 63.5 Å². The van der Waals surface area contributed by atoms with Crippen LogP contribution >= 0.6 is 34.8 Å². The maximum atomic E-state index is 13.2. The molecule has 0 unspecified atom stereocenters. The first kappa shape index (κ1) is 22.2. The molecule has 1 N–H and O–H groups in total. The van der Waals surface area contributed by atoms with Crippen molar-refractivity contribution in [2.24, 2.45) is 0 Å². The second-order valence-corrected chi connectivity index (χ2v) is 8.32. The fourth-order valence-electron chi connectivity index (χ4n) is 3.25. The third-order valence-corrected chi connectivity index (χ3v) is 5.50. The Morgan fingerprint density at radius 2 is 1.80 bits per heavy atom. The van der Waals surface area contributed by atoms with Crippen LogP contribution in [0.5, 0.6) is 11.5 Å². The van der Waals surface area contributed by atoms with Crippen molar-refractivity contribution in [2.75, 3.05) is 18.6 Å². The lowest BCUT2D eigenvalue weighted by atomic mass is 10.1. The van der Waals surface area contributed by atoms with E-state index in [4.69, 9.17) is 21.7 Å². The second kappa shape index (κ2) is 9.13. The predicted molar refractivity (Wildman–Crippen MR) is 129 cm³/mol. The van der Waals surface area contributed by atoms with Gasteiger partial charge < -0.3 is 9.47 Å². The van der Waals surface area contributed by atoms with Crippen molar-refractivity contribution in [3.05, 3.63) is 56.2 Å². The van der Waals surface area contributed by atoms with E-state index in [1.165, 1.54) is 11.0 Å². The average Bonchev–Trinajstić information content (AvgIpc) is 2.66. The number of ether oxygens (including phenoxy) is 2. The minimum Gasteiger partial charge on any atom is -0.493 e. The van der Waals surface area contributed by atoms with Crippen LogP contribution in [0.3, 0.4) is 0 Å². The number of anilines is 1. The zero-order valence-electron chi connectivity index (χ0n) is 17.0. The summed E-state index contributed by atoms with van der Waals surface area (Å²) in [5.74, 6) is 0.145. The zero-order chi connectivity index (χ0) is 22.0. The first-order valence-electron chi connectivity index (χ1n) is 9.25. The highest BCUT2D eigenvalue weighted by Gasteiger charge is 2.34. The van der Waals surface area contributed by atoms with Gasteiger partial charge in [0, 0.05) is 0 Å². The van der Waals surface area contributed by atoms with Gasteiger partial charge in [0.25, 0.3) is 11.8 Å². The van der Waals surface area contributed by atoms with Gasteiger partial charge in [-0.2, -0.15) is 0 Å².